The number of nitrogens with one attached hydrogen (secondary N) is 1. The number of fused-ring (bicyclic) bond motifs is 2. The van der Waals surface area contributed by atoms with Gasteiger partial charge in [-0.1, -0.05) is 47.8 Å². The first kappa shape index (κ1) is 26.7. The van der Waals surface area contributed by atoms with Crippen LogP contribution in [0.4, 0.5) is 5.13 Å². The lowest BCUT2D eigenvalue weighted by Crippen LogP contribution is -2.47. The lowest BCUT2D eigenvalue weighted by Gasteiger charge is -2.33. The molecule has 1 aromatic carbocycles. The number of carbonyl (C=O) groups excluding carboxylic acids is 2. The number of hydrogen-bond donors (Lipinski definition) is 1. The van der Waals surface area contributed by atoms with Crippen LogP contribution in [0, 0.1) is 0 Å². The summed E-state index contributed by atoms with van der Waals surface area (Å²) in [6.07, 6.45) is 9.27. The number of carbonyl (C=O) groups is 2. The summed E-state index contributed by atoms with van der Waals surface area (Å²) < 4.78 is 23.0. The fraction of sp³-hybridized carbons (Fsp3) is 0.407. The smallest absolute Gasteiger partial charge is 0.257 e. The highest BCUT2D eigenvalue weighted by Gasteiger charge is 2.34. The van der Waals surface area contributed by atoms with Crippen molar-refractivity contribution < 1.29 is 28.5 Å². The monoisotopic (exact) mass is 581 g/mol. The van der Waals surface area contributed by atoms with Gasteiger partial charge < -0.3 is 18.9 Å². The van der Waals surface area contributed by atoms with Crippen molar-refractivity contribution >= 4 is 39.5 Å². The molecule has 4 atom stereocenters. The molecule has 4 unspecified atom stereocenters. The van der Waals surface area contributed by atoms with Gasteiger partial charge in [0, 0.05) is 12.8 Å². The van der Waals surface area contributed by atoms with Crippen molar-refractivity contribution in [1.29, 1.82) is 0 Å². The molecule has 4 heterocycles. The predicted octanol–water partition coefficient (Wildman–Crippen LogP) is 3.12. The lowest BCUT2D eigenvalue weighted by molar-refractivity contribution is -0.164. The van der Waals surface area contributed by atoms with Gasteiger partial charge in [0.25, 0.3) is 5.91 Å². The van der Waals surface area contributed by atoms with E-state index in [0.29, 0.717) is 21.6 Å². The van der Waals surface area contributed by atoms with Crippen LogP contribution in [0.5, 0.6) is 11.5 Å². The van der Waals surface area contributed by atoms with E-state index in [1.165, 1.54) is 22.7 Å². The fourth-order valence-corrected chi connectivity index (χ4v) is 6.13. The highest BCUT2D eigenvalue weighted by atomic mass is 32.1. The summed E-state index contributed by atoms with van der Waals surface area (Å²) in [6.45, 7) is 0.382. The highest BCUT2D eigenvalue weighted by molar-refractivity contribution is 7.15. The Morgan fingerprint density at radius 1 is 0.850 bits per heavy atom. The average Bonchev–Trinajstić information content (AvgIpc) is 3.63. The summed E-state index contributed by atoms with van der Waals surface area (Å²) in [5.74, 6) is 0.861. The number of unbranched alkanes of at least 4 members (excludes halogenated alkanes) is 1. The molecule has 0 spiro atoms. The lowest BCUT2D eigenvalue weighted by atomic mass is 10.1. The molecule has 0 radical (unpaired) electrons. The van der Waals surface area contributed by atoms with Crippen LogP contribution < -0.4 is 14.8 Å². The number of benzene rings is 1. The van der Waals surface area contributed by atoms with Crippen LogP contribution in [0.2, 0.25) is 0 Å². The molecule has 40 heavy (non-hydrogen) atoms. The Hall–Kier alpha value is -3.52. The van der Waals surface area contributed by atoms with E-state index in [1.54, 1.807) is 6.07 Å². The van der Waals surface area contributed by atoms with Crippen molar-refractivity contribution in [2.75, 3.05) is 18.5 Å². The number of para-hydroxylation sites is 2. The number of ether oxygens (including phenoxy) is 4. The van der Waals surface area contributed by atoms with E-state index >= 15 is 0 Å². The largest absolute Gasteiger partial charge is 0.485 e. The van der Waals surface area contributed by atoms with Crippen LogP contribution in [0.3, 0.4) is 0 Å². The van der Waals surface area contributed by atoms with Crippen molar-refractivity contribution in [2.45, 2.75) is 56.5 Å². The summed E-state index contributed by atoms with van der Waals surface area (Å²) in [5, 5.41) is 22.4. The Balaban J connectivity index is 0.905. The van der Waals surface area contributed by atoms with Gasteiger partial charge in [-0.3, -0.25) is 14.9 Å². The maximum absolute atomic E-state index is 12.7. The van der Waals surface area contributed by atoms with Crippen LogP contribution in [0.1, 0.15) is 27.9 Å². The predicted molar refractivity (Wildman–Crippen MR) is 147 cm³/mol. The maximum atomic E-state index is 12.7. The van der Waals surface area contributed by atoms with Gasteiger partial charge in [-0.15, -0.1) is 31.7 Å². The van der Waals surface area contributed by atoms with E-state index < -0.39 is 12.2 Å². The molecule has 0 bridgehead atoms. The summed E-state index contributed by atoms with van der Waals surface area (Å²) in [7, 11) is 0. The number of nitrogens with zero attached hydrogens (tertiary/aromatic N) is 4. The van der Waals surface area contributed by atoms with Gasteiger partial charge in [0.1, 0.15) is 33.8 Å². The van der Waals surface area contributed by atoms with E-state index in [1.807, 2.05) is 42.5 Å². The van der Waals surface area contributed by atoms with Crippen LogP contribution in [-0.4, -0.2) is 69.7 Å². The summed E-state index contributed by atoms with van der Waals surface area (Å²) in [4.78, 5) is 25.3. The highest BCUT2D eigenvalue weighted by Crippen LogP contribution is 2.31. The van der Waals surface area contributed by atoms with Gasteiger partial charge in [-0.25, -0.2) is 0 Å². The molecule has 13 heteroatoms. The molecular formula is C27H27N5O6S2. The third-order valence-corrected chi connectivity index (χ3v) is 8.40. The Morgan fingerprint density at radius 3 is 2.42 bits per heavy atom. The van der Waals surface area contributed by atoms with Crippen LogP contribution in [0.15, 0.2) is 48.6 Å². The third-order valence-electron chi connectivity index (χ3n) is 6.52. The summed E-state index contributed by atoms with van der Waals surface area (Å²) in [6, 6.07) is 7.32. The van der Waals surface area contributed by atoms with Gasteiger partial charge in [-0.05, 0) is 25.0 Å². The first-order valence-corrected chi connectivity index (χ1v) is 14.7. The van der Waals surface area contributed by atoms with E-state index in [2.05, 4.69) is 25.7 Å². The van der Waals surface area contributed by atoms with E-state index in [0.717, 1.165) is 35.7 Å². The van der Waals surface area contributed by atoms with Crippen molar-refractivity contribution in [3.05, 3.63) is 63.6 Å². The Morgan fingerprint density at radius 2 is 1.57 bits per heavy atom. The SMILES string of the molecule is O=C(Cc1nnc(CCCCc2nnc(NC(=O)C3COC4C=CC=CC4O3)s2)s1)C1COc2ccccc2O1. The molecule has 11 nitrogen and oxygen atoms in total. The summed E-state index contributed by atoms with van der Waals surface area (Å²) >= 11 is 2.80. The number of hydrogen-bond acceptors (Lipinski definition) is 12. The minimum absolute atomic E-state index is 0.0777. The zero-order valence-electron chi connectivity index (χ0n) is 21.4. The number of ketones is 1. The molecule has 1 saturated heterocycles. The number of amides is 1. The van der Waals surface area contributed by atoms with E-state index in [4.69, 9.17) is 18.9 Å². The minimum Gasteiger partial charge on any atom is -0.485 e. The summed E-state index contributed by atoms with van der Waals surface area (Å²) in [5.41, 5.74) is 0. The normalized spacial score (nSPS) is 23.0. The first-order chi connectivity index (χ1) is 19.6. The molecule has 1 fully saturated rings. The second-order valence-corrected chi connectivity index (χ2v) is 11.7. The van der Waals surface area contributed by atoms with Gasteiger partial charge >= 0.3 is 0 Å². The van der Waals surface area contributed by atoms with Gasteiger partial charge in [-0.2, -0.15) is 0 Å². The van der Waals surface area contributed by atoms with Gasteiger partial charge in [0.15, 0.2) is 29.5 Å². The van der Waals surface area contributed by atoms with Crippen LogP contribution in [-0.2, 0) is 38.3 Å². The van der Waals surface area contributed by atoms with Crippen molar-refractivity contribution in [3.63, 3.8) is 0 Å². The molecule has 1 aliphatic carbocycles. The third kappa shape index (κ3) is 6.44. The molecule has 2 aliphatic heterocycles. The number of aryl methyl sites for hydroxylation is 2. The standard InChI is InChI=1S/C27H27N5O6S2/c33-16(21-14-35-17-7-1-3-9-19(17)37-21)13-25-31-29-23(39-25)11-5-6-12-24-30-32-27(40-24)28-26(34)22-15-36-18-8-2-4-10-20(18)38-22/h1-4,7-10,18,20-22H,5-6,11-15H2,(H,28,32,34). The number of aromatic nitrogens is 4. The number of allylic oxidation sites excluding steroid dienone is 2. The van der Waals surface area contributed by atoms with E-state index in [9.17, 15) is 9.59 Å². The molecule has 6 rings (SSSR count). The zero-order chi connectivity index (χ0) is 27.3. The average molecular weight is 582 g/mol. The van der Waals surface area contributed by atoms with Crippen LogP contribution in [0.25, 0.3) is 0 Å². The zero-order valence-corrected chi connectivity index (χ0v) is 23.1. The Bertz CT molecular complexity index is 1420. The molecule has 208 valence electrons. The van der Waals surface area contributed by atoms with Gasteiger partial charge in [0.05, 0.1) is 13.0 Å². The second-order valence-electron chi connectivity index (χ2n) is 9.45. The molecule has 1 N–H and O–H groups in total. The van der Waals surface area contributed by atoms with E-state index in [-0.39, 0.29) is 43.5 Å². The molecule has 3 aromatic rings. The molecule has 3 aliphatic rings. The molecule has 0 saturated carbocycles. The van der Waals surface area contributed by atoms with Crippen molar-refractivity contribution in [1.82, 2.24) is 20.4 Å². The topological polar surface area (TPSA) is 135 Å². The molecule has 2 aromatic heterocycles. The van der Waals surface area contributed by atoms with Crippen LogP contribution >= 0.6 is 22.7 Å². The number of anilines is 1. The number of rotatable bonds is 10. The molecule has 1 amide bonds. The minimum atomic E-state index is -0.697. The van der Waals surface area contributed by atoms with Crippen molar-refractivity contribution in [2.24, 2.45) is 0 Å². The Labute approximate surface area is 238 Å². The fourth-order valence-electron chi connectivity index (χ4n) is 4.45. The second kappa shape index (κ2) is 12.3. The first-order valence-electron chi connectivity index (χ1n) is 13.1. The van der Waals surface area contributed by atoms with Gasteiger partial charge in [0.2, 0.25) is 5.13 Å². The Kier molecular flexibility index (Phi) is 8.23. The quantitative estimate of drug-likeness (QED) is 0.356. The number of Topliss-reactive ketones (excluding diaryl/α,β-unsaturated/α-hetero) is 1. The maximum Gasteiger partial charge on any atom is 0.257 e. The van der Waals surface area contributed by atoms with Crippen molar-refractivity contribution in [3.8, 4) is 11.5 Å². The molecular weight excluding hydrogens is 554 g/mol.